The molecule has 7 heteroatoms. The number of fused-ring (bicyclic) bond motifs is 1. The second-order valence-electron chi connectivity index (χ2n) is 5.90. The SMILES string of the molecule is O=C(CSc1nnc(CN2CCCC2)o1)c1c[nH]c2ccccc12. The standard InChI is InChI=1S/C17H18N4O2S/c22-15(13-9-18-14-6-2-1-5-12(13)14)11-24-17-20-19-16(23-17)10-21-7-3-4-8-21/h1-2,5-6,9,18H,3-4,7-8,10-11H2. The molecule has 0 bridgehead atoms. The lowest BCUT2D eigenvalue weighted by Crippen LogP contribution is -2.18. The van der Waals surface area contributed by atoms with Crippen molar-refractivity contribution < 1.29 is 9.21 Å². The second-order valence-corrected chi connectivity index (χ2v) is 6.83. The van der Waals surface area contributed by atoms with Gasteiger partial charge in [-0.25, -0.2) is 0 Å². The Labute approximate surface area is 143 Å². The predicted molar refractivity (Wildman–Crippen MR) is 92.2 cm³/mol. The number of aromatic nitrogens is 3. The van der Waals surface area contributed by atoms with Crippen molar-refractivity contribution in [3.8, 4) is 0 Å². The minimum absolute atomic E-state index is 0.0525. The van der Waals surface area contributed by atoms with E-state index in [0.717, 1.165) is 24.0 Å². The van der Waals surface area contributed by atoms with E-state index < -0.39 is 0 Å². The molecule has 0 radical (unpaired) electrons. The lowest BCUT2D eigenvalue weighted by Gasteiger charge is -2.10. The van der Waals surface area contributed by atoms with E-state index in [4.69, 9.17) is 4.42 Å². The largest absolute Gasteiger partial charge is 0.415 e. The van der Waals surface area contributed by atoms with Gasteiger partial charge in [0.15, 0.2) is 5.78 Å². The van der Waals surface area contributed by atoms with Crippen LogP contribution >= 0.6 is 11.8 Å². The molecule has 1 saturated heterocycles. The molecule has 124 valence electrons. The molecule has 1 fully saturated rings. The Morgan fingerprint density at radius 3 is 2.96 bits per heavy atom. The predicted octanol–water partition coefficient (Wildman–Crippen LogP) is 3.12. The molecule has 1 aromatic carbocycles. The average Bonchev–Trinajstić information content (AvgIpc) is 3.34. The van der Waals surface area contributed by atoms with Gasteiger partial charge in [-0.1, -0.05) is 30.0 Å². The number of hydrogen-bond acceptors (Lipinski definition) is 6. The van der Waals surface area contributed by atoms with E-state index in [1.54, 1.807) is 6.20 Å². The Bertz CT molecular complexity index is 851. The molecule has 0 amide bonds. The zero-order valence-corrected chi connectivity index (χ0v) is 14.0. The van der Waals surface area contributed by atoms with Crippen LogP contribution in [0.2, 0.25) is 0 Å². The summed E-state index contributed by atoms with van der Waals surface area (Å²) in [5.41, 5.74) is 1.67. The number of nitrogens with one attached hydrogen (secondary N) is 1. The minimum atomic E-state index is 0.0525. The van der Waals surface area contributed by atoms with Crippen LogP contribution in [0.25, 0.3) is 10.9 Å². The highest BCUT2D eigenvalue weighted by molar-refractivity contribution is 7.99. The molecule has 6 nitrogen and oxygen atoms in total. The van der Waals surface area contributed by atoms with Crippen molar-refractivity contribution in [2.45, 2.75) is 24.6 Å². The summed E-state index contributed by atoms with van der Waals surface area (Å²) in [5, 5.41) is 9.51. The van der Waals surface area contributed by atoms with E-state index in [2.05, 4.69) is 20.1 Å². The first kappa shape index (κ1) is 15.4. The number of rotatable bonds is 6. The first-order valence-electron chi connectivity index (χ1n) is 8.06. The number of hydrogen-bond donors (Lipinski definition) is 1. The molecule has 0 spiro atoms. The van der Waals surface area contributed by atoms with Crippen LogP contribution in [-0.2, 0) is 6.54 Å². The van der Waals surface area contributed by atoms with Crippen LogP contribution in [0.4, 0.5) is 0 Å². The van der Waals surface area contributed by atoms with E-state index in [0.29, 0.717) is 23.2 Å². The Kier molecular flexibility index (Phi) is 4.36. The van der Waals surface area contributed by atoms with Crippen molar-refractivity contribution in [2.24, 2.45) is 0 Å². The first-order valence-corrected chi connectivity index (χ1v) is 9.05. The molecule has 1 N–H and O–H groups in total. The summed E-state index contributed by atoms with van der Waals surface area (Å²) in [4.78, 5) is 17.9. The van der Waals surface area contributed by atoms with Crippen LogP contribution in [0.15, 0.2) is 40.1 Å². The molecule has 24 heavy (non-hydrogen) atoms. The highest BCUT2D eigenvalue weighted by Gasteiger charge is 2.17. The van der Waals surface area contributed by atoms with Gasteiger partial charge in [-0.05, 0) is 32.0 Å². The smallest absolute Gasteiger partial charge is 0.277 e. The molecule has 1 aliphatic heterocycles. The van der Waals surface area contributed by atoms with Crippen molar-refractivity contribution in [3.05, 3.63) is 41.9 Å². The van der Waals surface area contributed by atoms with Gasteiger partial charge in [0, 0.05) is 22.7 Å². The van der Waals surface area contributed by atoms with E-state index in [1.807, 2.05) is 24.3 Å². The van der Waals surface area contributed by atoms with Crippen molar-refractivity contribution in [3.63, 3.8) is 0 Å². The second kappa shape index (κ2) is 6.78. The van der Waals surface area contributed by atoms with Crippen LogP contribution in [0, 0.1) is 0 Å². The summed E-state index contributed by atoms with van der Waals surface area (Å²) in [5.74, 6) is 0.961. The summed E-state index contributed by atoms with van der Waals surface area (Å²) in [7, 11) is 0. The first-order chi connectivity index (χ1) is 11.8. The summed E-state index contributed by atoms with van der Waals surface area (Å²) >= 11 is 1.29. The average molecular weight is 342 g/mol. The monoisotopic (exact) mass is 342 g/mol. The summed E-state index contributed by atoms with van der Waals surface area (Å²) in [6, 6.07) is 7.79. The topological polar surface area (TPSA) is 75.0 Å². The quantitative estimate of drug-likeness (QED) is 0.548. The zero-order chi connectivity index (χ0) is 16.4. The number of H-pyrrole nitrogens is 1. The van der Waals surface area contributed by atoms with Gasteiger partial charge in [-0.2, -0.15) is 0 Å². The van der Waals surface area contributed by atoms with E-state index >= 15 is 0 Å². The third kappa shape index (κ3) is 3.22. The lowest BCUT2D eigenvalue weighted by atomic mass is 10.1. The van der Waals surface area contributed by atoms with E-state index in [-0.39, 0.29) is 11.5 Å². The van der Waals surface area contributed by atoms with Gasteiger partial charge in [0.2, 0.25) is 5.89 Å². The molecule has 0 atom stereocenters. The Balaban J connectivity index is 1.38. The zero-order valence-electron chi connectivity index (χ0n) is 13.2. The maximum Gasteiger partial charge on any atom is 0.277 e. The summed E-state index contributed by atoms with van der Waals surface area (Å²) in [6.45, 7) is 2.87. The van der Waals surface area contributed by atoms with Gasteiger partial charge in [0.05, 0.1) is 12.3 Å². The number of likely N-dealkylation sites (tertiary alicyclic amines) is 1. The Morgan fingerprint density at radius 1 is 1.25 bits per heavy atom. The number of benzene rings is 1. The van der Waals surface area contributed by atoms with Crippen LogP contribution in [0.1, 0.15) is 29.1 Å². The maximum atomic E-state index is 12.4. The number of carbonyl (C=O) groups excluding carboxylic acids is 1. The number of ketones is 1. The summed E-state index contributed by atoms with van der Waals surface area (Å²) in [6.07, 6.45) is 4.23. The molecule has 3 heterocycles. The van der Waals surface area contributed by atoms with Crippen molar-refractivity contribution in [1.29, 1.82) is 0 Å². The van der Waals surface area contributed by atoms with Crippen LogP contribution in [0.3, 0.4) is 0 Å². The van der Waals surface area contributed by atoms with Crippen LogP contribution in [0.5, 0.6) is 0 Å². The number of Topliss-reactive ketones (excluding diaryl/α,β-unsaturated/α-hetero) is 1. The molecular weight excluding hydrogens is 324 g/mol. The number of para-hydroxylation sites is 1. The third-order valence-electron chi connectivity index (χ3n) is 4.22. The van der Waals surface area contributed by atoms with Gasteiger partial charge in [0.1, 0.15) is 0 Å². The number of aromatic amines is 1. The van der Waals surface area contributed by atoms with Gasteiger partial charge in [-0.3, -0.25) is 9.69 Å². The summed E-state index contributed by atoms with van der Waals surface area (Å²) < 4.78 is 5.64. The third-order valence-corrected chi connectivity index (χ3v) is 5.04. The fourth-order valence-electron chi connectivity index (χ4n) is 3.00. The molecule has 1 aliphatic rings. The van der Waals surface area contributed by atoms with E-state index in [1.165, 1.54) is 24.6 Å². The number of carbonyl (C=O) groups is 1. The molecule has 4 rings (SSSR count). The number of thioether (sulfide) groups is 1. The highest BCUT2D eigenvalue weighted by atomic mass is 32.2. The molecule has 0 unspecified atom stereocenters. The lowest BCUT2D eigenvalue weighted by molar-refractivity contribution is 0.102. The fraction of sp³-hybridized carbons (Fsp3) is 0.353. The van der Waals surface area contributed by atoms with Gasteiger partial charge in [-0.15, -0.1) is 10.2 Å². The van der Waals surface area contributed by atoms with Crippen molar-refractivity contribution in [2.75, 3.05) is 18.8 Å². The van der Waals surface area contributed by atoms with Gasteiger partial charge in [0.25, 0.3) is 5.22 Å². The van der Waals surface area contributed by atoms with Gasteiger partial charge < -0.3 is 9.40 Å². The van der Waals surface area contributed by atoms with Crippen LogP contribution in [-0.4, -0.2) is 44.7 Å². The highest BCUT2D eigenvalue weighted by Crippen LogP contribution is 2.23. The molecule has 0 saturated carbocycles. The molecule has 2 aromatic heterocycles. The Morgan fingerprint density at radius 2 is 2.08 bits per heavy atom. The van der Waals surface area contributed by atoms with E-state index in [9.17, 15) is 4.79 Å². The molecular formula is C17H18N4O2S. The minimum Gasteiger partial charge on any atom is -0.415 e. The van der Waals surface area contributed by atoms with Crippen molar-refractivity contribution >= 4 is 28.4 Å². The Hall–Kier alpha value is -2.12. The number of nitrogens with zero attached hydrogens (tertiary/aromatic N) is 3. The van der Waals surface area contributed by atoms with Gasteiger partial charge >= 0.3 is 0 Å². The van der Waals surface area contributed by atoms with Crippen molar-refractivity contribution in [1.82, 2.24) is 20.1 Å². The molecule has 0 aliphatic carbocycles. The normalized spacial score (nSPS) is 15.3. The maximum absolute atomic E-state index is 12.4. The molecule has 3 aromatic rings. The fourth-order valence-corrected chi connectivity index (χ4v) is 3.66. The van der Waals surface area contributed by atoms with Crippen LogP contribution < -0.4 is 0 Å².